The lowest BCUT2D eigenvalue weighted by atomic mass is 9.86. The van der Waals surface area contributed by atoms with Crippen molar-refractivity contribution < 1.29 is 67.1 Å². The third-order valence-electron chi connectivity index (χ3n) is 19.9. The van der Waals surface area contributed by atoms with E-state index in [2.05, 4.69) is 31.9 Å². The second-order valence-corrected chi connectivity index (χ2v) is 27.4. The lowest BCUT2D eigenvalue weighted by molar-refractivity contribution is -0.130. The van der Waals surface area contributed by atoms with Crippen molar-refractivity contribution >= 4 is 104 Å². The van der Waals surface area contributed by atoms with E-state index in [-0.39, 0.29) is 134 Å². The van der Waals surface area contributed by atoms with Crippen molar-refractivity contribution in [2.75, 3.05) is 133 Å². The molecule has 2 atom stereocenters. The monoisotopic (exact) mass is 1390 g/mol. The Balaban J connectivity index is 0.686. The minimum absolute atomic E-state index is 0.0228. The Morgan fingerprint density at radius 2 is 0.554 bits per heavy atom. The molecule has 0 aliphatic carbocycles. The number of imide groups is 4. The molecule has 0 saturated heterocycles. The number of hydrogen-bond acceptors (Lipinski definition) is 18. The average molecular weight is 1390 g/mol. The van der Waals surface area contributed by atoms with E-state index >= 15 is 0 Å². The highest BCUT2D eigenvalue weighted by atomic mass is 16.2. The molecule has 28 heteroatoms. The predicted molar refractivity (Wildman–Crippen MR) is 374 cm³/mol. The quantitative estimate of drug-likeness (QED) is 0.109. The molecule has 12 heterocycles. The first-order chi connectivity index (χ1) is 48.6. The maximum absolute atomic E-state index is 13.9. The molecule has 0 unspecified atom stereocenters. The Hall–Kier alpha value is -9.38. The van der Waals surface area contributed by atoms with Crippen LogP contribution < -0.4 is 31.9 Å². The number of amides is 14. The van der Waals surface area contributed by atoms with E-state index in [4.69, 9.17) is 0 Å². The molecule has 14 amide bonds. The predicted octanol–water partition coefficient (Wildman–Crippen LogP) is 2.90. The zero-order valence-electron chi connectivity index (χ0n) is 58.4. The number of nitrogens with one attached hydrogen (secondary N) is 6. The van der Waals surface area contributed by atoms with Crippen molar-refractivity contribution in [3.63, 3.8) is 0 Å². The zero-order valence-corrected chi connectivity index (χ0v) is 58.4. The van der Waals surface area contributed by atoms with Gasteiger partial charge in [0.25, 0.3) is 47.3 Å². The fraction of sp³-hybridized carbons (Fsp3) is 0.534. The SMILES string of the molecule is CN1CCCNC(=O)CC[C@@H](NC(=O)CCCCCC(=O)N[C@@H]2CCC(=O)NCCCN(C)CCCN3C(=O)c4ccc5c6c(ccc(c46)C3=O)C(=O)N(CCCN(C)CCCNC2=O)C5=O)C(=O)NCCCN(C)CCCN2C(=O)c3ccc4c5c(ccc(c35)C2=O)C(=O)N(CCC1)C4=O. The van der Waals surface area contributed by atoms with Gasteiger partial charge in [0.05, 0.1) is 0 Å². The summed E-state index contributed by atoms with van der Waals surface area (Å²) in [7, 11) is 7.56. The molecule has 4 aromatic rings. The maximum atomic E-state index is 13.9. The lowest BCUT2D eigenvalue weighted by Crippen LogP contribution is -2.47. The number of carbonyl (C=O) groups is 14. The van der Waals surface area contributed by atoms with Gasteiger partial charge in [-0.2, -0.15) is 0 Å². The van der Waals surface area contributed by atoms with Crippen LogP contribution in [0.25, 0.3) is 21.5 Å². The third kappa shape index (κ3) is 17.7. The van der Waals surface area contributed by atoms with Crippen molar-refractivity contribution in [3.8, 4) is 0 Å². The van der Waals surface area contributed by atoms with Gasteiger partial charge >= 0.3 is 0 Å². The fourth-order valence-corrected chi connectivity index (χ4v) is 14.3. The van der Waals surface area contributed by atoms with Crippen molar-refractivity contribution in [3.05, 3.63) is 93.0 Å². The largest absolute Gasteiger partial charge is 0.356 e. The molecule has 12 aliphatic rings. The van der Waals surface area contributed by atoms with E-state index in [1.807, 2.05) is 47.8 Å². The summed E-state index contributed by atoms with van der Waals surface area (Å²) in [4.78, 5) is 205. The van der Waals surface area contributed by atoms with Crippen molar-refractivity contribution in [2.45, 2.75) is 121 Å². The van der Waals surface area contributed by atoms with Crippen LogP contribution >= 0.6 is 0 Å². The summed E-state index contributed by atoms with van der Waals surface area (Å²) in [5.41, 5.74) is 2.09. The number of unbranched alkanes of at least 4 members (excludes halogenated alkanes) is 2. The van der Waals surface area contributed by atoms with Gasteiger partial charge in [0.15, 0.2) is 0 Å². The van der Waals surface area contributed by atoms with Gasteiger partial charge in [-0.05, 0) is 206 Å². The normalized spacial score (nSPS) is 21.5. The minimum atomic E-state index is -1.03. The summed E-state index contributed by atoms with van der Waals surface area (Å²) in [6.45, 7) is 6.06. The van der Waals surface area contributed by atoms with E-state index in [0.29, 0.717) is 158 Å². The Kier molecular flexibility index (Phi) is 25.3. The molecular formula is C73H94N14O14. The second kappa shape index (κ2) is 34.3. The molecule has 4 aromatic carbocycles. The average Bonchev–Trinajstić information content (AvgIpc) is 0.721. The Morgan fingerprint density at radius 3 is 0.802 bits per heavy atom. The topological polar surface area (TPSA) is 337 Å². The van der Waals surface area contributed by atoms with Crippen LogP contribution in [0.4, 0.5) is 0 Å². The van der Waals surface area contributed by atoms with Gasteiger partial charge in [0.1, 0.15) is 12.1 Å². The first kappa shape index (κ1) is 74.3. The van der Waals surface area contributed by atoms with Crippen LogP contribution in [-0.2, 0) is 28.8 Å². The molecule has 16 bridgehead atoms. The van der Waals surface area contributed by atoms with E-state index < -0.39 is 83.0 Å². The van der Waals surface area contributed by atoms with Crippen LogP contribution in [0.2, 0.25) is 0 Å². The molecular weight excluding hydrogens is 1300 g/mol. The summed E-state index contributed by atoms with van der Waals surface area (Å²) < 4.78 is 0. The van der Waals surface area contributed by atoms with E-state index in [1.165, 1.54) is 19.6 Å². The van der Waals surface area contributed by atoms with Crippen molar-refractivity contribution in [1.29, 1.82) is 0 Å². The number of hydrogen-bond donors (Lipinski definition) is 6. The first-order valence-electron chi connectivity index (χ1n) is 35.7. The van der Waals surface area contributed by atoms with Gasteiger partial charge in [-0.25, -0.2) is 0 Å². The van der Waals surface area contributed by atoms with Gasteiger partial charge in [-0.15, -0.1) is 0 Å². The van der Waals surface area contributed by atoms with Crippen molar-refractivity contribution in [1.82, 2.24) is 71.1 Å². The zero-order chi connectivity index (χ0) is 72.0. The van der Waals surface area contributed by atoms with Gasteiger partial charge < -0.3 is 51.5 Å². The maximum Gasteiger partial charge on any atom is 0.261 e. The van der Waals surface area contributed by atoms with Crippen LogP contribution in [0.5, 0.6) is 0 Å². The number of benzene rings is 4. The van der Waals surface area contributed by atoms with Crippen LogP contribution in [-0.4, -0.2) is 267 Å². The summed E-state index contributed by atoms with van der Waals surface area (Å²) in [6.07, 6.45) is 5.21. The highest BCUT2D eigenvalue weighted by Gasteiger charge is 2.42. The number of carbonyl (C=O) groups excluding carboxylic acids is 14. The summed E-state index contributed by atoms with van der Waals surface area (Å²) >= 11 is 0. The third-order valence-corrected chi connectivity index (χ3v) is 19.9. The molecule has 16 rings (SSSR count). The van der Waals surface area contributed by atoms with E-state index in [1.54, 1.807) is 48.5 Å². The van der Waals surface area contributed by atoms with Crippen LogP contribution in [0.1, 0.15) is 192 Å². The van der Waals surface area contributed by atoms with Crippen LogP contribution in [0.3, 0.4) is 0 Å². The van der Waals surface area contributed by atoms with E-state index in [9.17, 15) is 67.1 Å². The molecule has 0 fully saturated rings. The summed E-state index contributed by atoms with van der Waals surface area (Å²) in [5, 5.41) is 18.6. The Labute approximate surface area is 587 Å². The summed E-state index contributed by atoms with van der Waals surface area (Å²) in [5.74, 6) is -6.27. The first-order valence-corrected chi connectivity index (χ1v) is 35.7. The lowest BCUT2D eigenvalue weighted by Gasteiger charge is -2.32. The van der Waals surface area contributed by atoms with Gasteiger partial charge in [0, 0.05) is 144 Å². The molecule has 0 aromatic heterocycles. The molecule has 0 radical (unpaired) electrons. The van der Waals surface area contributed by atoms with Gasteiger partial charge in [0.2, 0.25) is 35.4 Å². The fourth-order valence-electron chi connectivity index (χ4n) is 14.3. The number of nitrogens with zero attached hydrogens (tertiary/aromatic N) is 8. The second-order valence-electron chi connectivity index (χ2n) is 27.4. The van der Waals surface area contributed by atoms with Gasteiger partial charge in [-0.3, -0.25) is 86.7 Å². The smallest absolute Gasteiger partial charge is 0.261 e. The number of rotatable bonds is 8. The highest BCUT2D eigenvalue weighted by molar-refractivity contribution is 6.35. The van der Waals surface area contributed by atoms with Crippen LogP contribution in [0, 0.1) is 0 Å². The molecule has 101 heavy (non-hydrogen) atoms. The Bertz CT molecular complexity index is 3540. The molecule has 0 saturated carbocycles. The number of fused-ring (bicyclic) bond motifs is 4. The molecule has 0 spiro atoms. The minimum Gasteiger partial charge on any atom is -0.356 e. The molecule has 28 nitrogen and oxygen atoms in total. The molecule has 12 aliphatic heterocycles. The summed E-state index contributed by atoms with van der Waals surface area (Å²) in [6, 6.07) is 10.5. The van der Waals surface area contributed by atoms with Gasteiger partial charge in [-0.1, -0.05) is 6.42 Å². The molecule has 540 valence electrons. The van der Waals surface area contributed by atoms with Crippen molar-refractivity contribution in [2.24, 2.45) is 0 Å². The molecule has 6 N–H and O–H groups in total. The Morgan fingerprint density at radius 1 is 0.327 bits per heavy atom. The van der Waals surface area contributed by atoms with E-state index in [0.717, 1.165) is 0 Å². The van der Waals surface area contributed by atoms with Crippen LogP contribution in [0.15, 0.2) is 48.5 Å². The standard InChI is InChI=1S/C73H94N14O14/c1-80-34-8-30-74-56(88)28-26-54(64(92)76-32-10-36-82(3)40-14-44-86-70(98)50-22-18-46-60-47(19-23-51(62(50)60)71(86)99)67(95)84(66(46)94)42-12-38-80)78-58(90)16-6-5-7-17-59(91)79-55-27-29-57(89)75-31-9-35-81(2)39-13-43-85-68(96)48-20-24-52-63-53(25-21-49(61(48)63)69(85)97)73(101)87(72(52)100)45-15-41-83(4)37-11-33-77-65(55)93/h18-25,54-55H,5-17,26-45H2,1-4H3,(H,74,88)(H,75,89)(H,76,92)(H,77,93)(H,78,90)(H,79,91)/t54-,55-/m1/s1. The highest BCUT2D eigenvalue weighted by Crippen LogP contribution is 2.40.